The van der Waals surface area contributed by atoms with Gasteiger partial charge in [-0.1, -0.05) is 6.07 Å². The monoisotopic (exact) mass is 252 g/mol. The normalized spacial score (nSPS) is 20.2. The van der Waals surface area contributed by atoms with Crippen LogP contribution < -0.4 is 5.32 Å². The van der Waals surface area contributed by atoms with E-state index >= 15 is 0 Å². The Labute approximate surface area is 107 Å². The zero-order valence-corrected chi connectivity index (χ0v) is 11.1. The molecule has 0 saturated carbocycles. The molecule has 2 heterocycles. The Balaban J connectivity index is 1.78. The summed E-state index contributed by atoms with van der Waals surface area (Å²) < 4.78 is 0. The smallest absolute Gasteiger partial charge is 0.226 e. The number of hydrogen-bond acceptors (Lipinski definition) is 3. The minimum Gasteiger partial charge on any atom is -0.345 e. The van der Waals surface area contributed by atoms with Crippen molar-refractivity contribution in [1.29, 1.82) is 0 Å². The lowest BCUT2D eigenvalue weighted by atomic mass is 9.98. The Morgan fingerprint density at radius 1 is 1.65 bits per heavy atom. The quantitative estimate of drug-likeness (QED) is 0.885. The highest BCUT2D eigenvalue weighted by Gasteiger charge is 2.23. The zero-order chi connectivity index (χ0) is 12.1. The molecule has 17 heavy (non-hydrogen) atoms. The van der Waals surface area contributed by atoms with Crippen molar-refractivity contribution in [3.63, 3.8) is 0 Å². The first-order chi connectivity index (χ1) is 8.27. The predicted molar refractivity (Wildman–Crippen MR) is 71.3 cm³/mol. The standard InChI is InChI=1S/C13H20N2OS/c1-15(8-6-12-5-3-9-17-12)13(16)11-4-2-7-14-10-11/h3,5,9,11,14H,2,4,6-8,10H2,1H3/t11-/m0/s1. The topological polar surface area (TPSA) is 32.3 Å². The molecule has 3 nitrogen and oxygen atoms in total. The minimum absolute atomic E-state index is 0.192. The predicted octanol–water partition coefficient (Wildman–Crippen LogP) is 1.75. The molecule has 1 N–H and O–H groups in total. The Bertz CT molecular complexity index is 344. The lowest BCUT2D eigenvalue weighted by molar-refractivity contribution is -0.134. The van der Waals surface area contributed by atoms with Crippen LogP contribution >= 0.6 is 11.3 Å². The van der Waals surface area contributed by atoms with Crippen LogP contribution in [-0.4, -0.2) is 37.5 Å². The van der Waals surface area contributed by atoms with Crippen molar-refractivity contribution in [3.8, 4) is 0 Å². The minimum atomic E-state index is 0.192. The zero-order valence-electron chi connectivity index (χ0n) is 10.3. The van der Waals surface area contributed by atoms with Gasteiger partial charge in [-0.3, -0.25) is 4.79 Å². The van der Waals surface area contributed by atoms with E-state index in [-0.39, 0.29) is 5.92 Å². The molecule has 1 fully saturated rings. The van der Waals surface area contributed by atoms with Gasteiger partial charge in [0.2, 0.25) is 5.91 Å². The fourth-order valence-corrected chi connectivity index (χ4v) is 2.92. The molecule has 1 aliphatic heterocycles. The third-order valence-electron chi connectivity index (χ3n) is 3.30. The molecule has 0 spiro atoms. The first-order valence-corrected chi connectivity index (χ1v) is 7.13. The summed E-state index contributed by atoms with van der Waals surface area (Å²) in [6.45, 7) is 2.74. The fourth-order valence-electron chi connectivity index (χ4n) is 2.22. The largest absolute Gasteiger partial charge is 0.345 e. The van der Waals surface area contributed by atoms with E-state index in [1.807, 2.05) is 11.9 Å². The average Bonchev–Trinajstić information content (AvgIpc) is 2.89. The van der Waals surface area contributed by atoms with Crippen LogP contribution in [0.15, 0.2) is 17.5 Å². The first-order valence-electron chi connectivity index (χ1n) is 6.25. The average molecular weight is 252 g/mol. The van der Waals surface area contributed by atoms with Crippen molar-refractivity contribution >= 4 is 17.2 Å². The number of nitrogens with zero attached hydrogens (tertiary/aromatic N) is 1. The van der Waals surface area contributed by atoms with Crippen LogP contribution in [0.3, 0.4) is 0 Å². The van der Waals surface area contributed by atoms with E-state index in [0.29, 0.717) is 5.91 Å². The van der Waals surface area contributed by atoms with Gasteiger partial charge in [0, 0.05) is 25.0 Å². The maximum absolute atomic E-state index is 12.1. The van der Waals surface area contributed by atoms with Crippen LogP contribution in [0.1, 0.15) is 17.7 Å². The van der Waals surface area contributed by atoms with Crippen molar-refractivity contribution in [2.75, 3.05) is 26.7 Å². The van der Waals surface area contributed by atoms with E-state index in [1.54, 1.807) is 11.3 Å². The van der Waals surface area contributed by atoms with Gasteiger partial charge < -0.3 is 10.2 Å². The van der Waals surface area contributed by atoms with Gasteiger partial charge in [-0.2, -0.15) is 0 Å². The Kier molecular flexibility index (Phi) is 4.57. The van der Waals surface area contributed by atoms with Gasteiger partial charge >= 0.3 is 0 Å². The second kappa shape index (κ2) is 6.17. The molecule has 1 aliphatic rings. The van der Waals surface area contributed by atoms with E-state index in [1.165, 1.54) is 4.88 Å². The molecule has 2 rings (SSSR count). The maximum atomic E-state index is 12.1. The molecule has 0 aliphatic carbocycles. The van der Waals surface area contributed by atoms with Crippen LogP contribution in [0.4, 0.5) is 0 Å². The molecule has 0 aromatic carbocycles. The summed E-state index contributed by atoms with van der Waals surface area (Å²) in [5.74, 6) is 0.492. The van der Waals surface area contributed by atoms with Crippen LogP contribution in [0.25, 0.3) is 0 Å². The van der Waals surface area contributed by atoms with E-state index in [0.717, 1.165) is 38.9 Å². The Morgan fingerprint density at radius 3 is 3.18 bits per heavy atom. The lowest BCUT2D eigenvalue weighted by Crippen LogP contribution is -2.42. The number of thiophene rings is 1. The number of piperidine rings is 1. The number of carbonyl (C=O) groups is 1. The number of amides is 1. The summed E-state index contributed by atoms with van der Waals surface area (Å²) in [5.41, 5.74) is 0. The summed E-state index contributed by atoms with van der Waals surface area (Å²) in [5, 5.41) is 5.38. The molecule has 4 heteroatoms. The number of likely N-dealkylation sites (N-methyl/N-ethyl adjacent to an activating group) is 1. The molecule has 1 atom stereocenters. The van der Waals surface area contributed by atoms with Crippen LogP contribution in [0.2, 0.25) is 0 Å². The summed E-state index contributed by atoms with van der Waals surface area (Å²) in [6.07, 6.45) is 3.13. The molecule has 94 valence electrons. The molecule has 0 unspecified atom stereocenters. The van der Waals surface area contributed by atoms with Crippen molar-refractivity contribution in [2.45, 2.75) is 19.3 Å². The summed E-state index contributed by atoms with van der Waals surface area (Å²) in [7, 11) is 1.92. The van der Waals surface area contributed by atoms with Gasteiger partial charge in [0.15, 0.2) is 0 Å². The maximum Gasteiger partial charge on any atom is 0.226 e. The molecular weight excluding hydrogens is 232 g/mol. The number of nitrogens with one attached hydrogen (secondary N) is 1. The third-order valence-corrected chi connectivity index (χ3v) is 4.23. The lowest BCUT2D eigenvalue weighted by Gasteiger charge is -2.26. The van der Waals surface area contributed by atoms with E-state index < -0.39 is 0 Å². The van der Waals surface area contributed by atoms with Crippen LogP contribution in [0, 0.1) is 5.92 Å². The number of carbonyl (C=O) groups excluding carboxylic acids is 1. The SMILES string of the molecule is CN(CCc1cccs1)C(=O)[C@H]1CCCNC1. The second-order valence-electron chi connectivity index (χ2n) is 4.63. The first kappa shape index (κ1) is 12.6. The summed E-state index contributed by atoms with van der Waals surface area (Å²) in [4.78, 5) is 15.4. The fraction of sp³-hybridized carbons (Fsp3) is 0.615. The summed E-state index contributed by atoms with van der Waals surface area (Å²) in [6, 6.07) is 4.19. The van der Waals surface area contributed by atoms with Crippen molar-refractivity contribution in [1.82, 2.24) is 10.2 Å². The molecule has 1 aromatic rings. The highest BCUT2D eigenvalue weighted by Crippen LogP contribution is 2.14. The molecular formula is C13H20N2OS. The number of rotatable bonds is 4. The van der Waals surface area contributed by atoms with Gasteiger partial charge in [0.25, 0.3) is 0 Å². The summed E-state index contributed by atoms with van der Waals surface area (Å²) >= 11 is 1.76. The van der Waals surface area contributed by atoms with Gasteiger partial charge in [0.1, 0.15) is 0 Å². The van der Waals surface area contributed by atoms with Crippen LogP contribution in [-0.2, 0) is 11.2 Å². The van der Waals surface area contributed by atoms with E-state index in [4.69, 9.17) is 0 Å². The number of hydrogen-bond donors (Lipinski definition) is 1. The van der Waals surface area contributed by atoms with E-state index in [2.05, 4.69) is 22.8 Å². The molecule has 0 bridgehead atoms. The van der Waals surface area contributed by atoms with E-state index in [9.17, 15) is 4.79 Å². The second-order valence-corrected chi connectivity index (χ2v) is 5.66. The highest BCUT2D eigenvalue weighted by molar-refractivity contribution is 7.09. The molecule has 1 aromatic heterocycles. The van der Waals surface area contributed by atoms with Gasteiger partial charge in [-0.25, -0.2) is 0 Å². The molecule has 1 saturated heterocycles. The van der Waals surface area contributed by atoms with Gasteiger partial charge in [0.05, 0.1) is 5.92 Å². The third kappa shape index (κ3) is 3.54. The Morgan fingerprint density at radius 2 is 2.53 bits per heavy atom. The van der Waals surface area contributed by atoms with Crippen molar-refractivity contribution in [3.05, 3.63) is 22.4 Å². The van der Waals surface area contributed by atoms with Crippen LogP contribution in [0.5, 0.6) is 0 Å². The molecule has 0 radical (unpaired) electrons. The van der Waals surface area contributed by atoms with Gasteiger partial charge in [-0.05, 0) is 37.3 Å². The molecule has 1 amide bonds. The van der Waals surface area contributed by atoms with Crippen molar-refractivity contribution in [2.24, 2.45) is 5.92 Å². The van der Waals surface area contributed by atoms with Gasteiger partial charge in [-0.15, -0.1) is 11.3 Å². The van der Waals surface area contributed by atoms with Crippen molar-refractivity contribution < 1.29 is 4.79 Å². The highest BCUT2D eigenvalue weighted by atomic mass is 32.1. The Hall–Kier alpha value is -0.870.